The first-order valence-corrected chi connectivity index (χ1v) is 8.74. The summed E-state index contributed by atoms with van der Waals surface area (Å²) >= 11 is 6.03. The Morgan fingerprint density at radius 1 is 1.36 bits per heavy atom. The molecule has 1 heterocycles. The van der Waals surface area contributed by atoms with Crippen LogP contribution in [0.5, 0.6) is 11.5 Å². The van der Waals surface area contributed by atoms with E-state index < -0.39 is 0 Å². The van der Waals surface area contributed by atoms with Crippen molar-refractivity contribution in [3.8, 4) is 11.5 Å². The summed E-state index contributed by atoms with van der Waals surface area (Å²) in [6.07, 6.45) is 0.846. The molecule has 0 bridgehead atoms. The average Bonchev–Trinajstić information content (AvgIpc) is 2.62. The van der Waals surface area contributed by atoms with Crippen molar-refractivity contribution in [3.63, 3.8) is 0 Å². The Morgan fingerprint density at radius 2 is 2.20 bits per heavy atom. The average molecular weight is 360 g/mol. The van der Waals surface area contributed by atoms with Gasteiger partial charge in [0.1, 0.15) is 11.5 Å². The van der Waals surface area contributed by atoms with Gasteiger partial charge >= 0.3 is 0 Å². The van der Waals surface area contributed by atoms with E-state index in [-0.39, 0.29) is 6.04 Å². The summed E-state index contributed by atoms with van der Waals surface area (Å²) in [4.78, 5) is 4.45. The second kappa shape index (κ2) is 8.12. The summed E-state index contributed by atoms with van der Waals surface area (Å²) in [7, 11) is 0. The van der Waals surface area contributed by atoms with Gasteiger partial charge in [0, 0.05) is 22.6 Å². The molecule has 0 amide bonds. The van der Waals surface area contributed by atoms with Gasteiger partial charge in [-0.25, -0.2) is 4.99 Å². The molecule has 0 saturated carbocycles. The summed E-state index contributed by atoms with van der Waals surface area (Å²) in [5, 5.41) is 3.93. The number of benzene rings is 2. The number of para-hydroxylation sites is 1. The lowest BCUT2D eigenvalue weighted by molar-refractivity contribution is 0.262. The van der Waals surface area contributed by atoms with Crippen LogP contribution >= 0.6 is 11.6 Å². The second-order valence-corrected chi connectivity index (χ2v) is 6.19. The number of hydrogen-bond acceptors (Lipinski definition) is 3. The van der Waals surface area contributed by atoms with Gasteiger partial charge in [0.05, 0.1) is 25.8 Å². The van der Waals surface area contributed by atoms with Crippen molar-refractivity contribution in [2.45, 2.75) is 25.9 Å². The topological polar surface area (TPSA) is 68.9 Å². The number of fused-ring (bicyclic) bond motifs is 1. The highest BCUT2D eigenvalue weighted by Gasteiger charge is 2.21. The lowest BCUT2D eigenvalue weighted by atomic mass is 10.0. The Balaban J connectivity index is 1.69. The summed E-state index contributed by atoms with van der Waals surface area (Å²) in [6, 6.07) is 13.6. The first-order valence-electron chi connectivity index (χ1n) is 8.36. The van der Waals surface area contributed by atoms with E-state index in [1.807, 2.05) is 43.3 Å². The van der Waals surface area contributed by atoms with Gasteiger partial charge in [0.15, 0.2) is 5.96 Å². The summed E-state index contributed by atoms with van der Waals surface area (Å²) in [5.41, 5.74) is 8.15. The number of aliphatic imine (C=N–C) groups is 1. The standard InChI is InChI=1S/C19H22ClN3O2/c1-2-24-18-11-14(20)8-7-13(18)12-22-19(21)23-16-9-10-25-17-6-4-3-5-15(16)17/h3-8,11,16H,2,9-10,12H2,1H3,(H3,21,22,23). The molecule has 5 nitrogen and oxygen atoms in total. The van der Waals surface area contributed by atoms with Crippen LogP contribution in [-0.2, 0) is 6.54 Å². The fourth-order valence-electron chi connectivity index (χ4n) is 2.84. The van der Waals surface area contributed by atoms with Gasteiger partial charge in [-0.3, -0.25) is 0 Å². The number of guanidine groups is 1. The molecule has 1 atom stereocenters. The Labute approximate surface area is 152 Å². The molecule has 6 heteroatoms. The normalized spacial score (nSPS) is 16.7. The van der Waals surface area contributed by atoms with E-state index in [0.717, 1.165) is 29.0 Å². The quantitative estimate of drug-likeness (QED) is 0.631. The van der Waals surface area contributed by atoms with Crippen LogP contribution in [0, 0.1) is 0 Å². The number of rotatable bonds is 5. The van der Waals surface area contributed by atoms with E-state index in [2.05, 4.69) is 10.3 Å². The summed E-state index contributed by atoms with van der Waals surface area (Å²) in [5.74, 6) is 2.04. The van der Waals surface area contributed by atoms with Gasteiger partial charge in [-0.2, -0.15) is 0 Å². The van der Waals surface area contributed by atoms with Crippen molar-refractivity contribution >= 4 is 17.6 Å². The van der Waals surface area contributed by atoms with E-state index in [1.165, 1.54) is 0 Å². The van der Waals surface area contributed by atoms with Crippen LogP contribution in [0.4, 0.5) is 0 Å². The molecule has 132 valence electrons. The highest BCUT2D eigenvalue weighted by molar-refractivity contribution is 6.30. The minimum Gasteiger partial charge on any atom is -0.493 e. The molecule has 0 aliphatic carbocycles. The zero-order valence-corrected chi connectivity index (χ0v) is 14.9. The molecule has 2 aromatic rings. The van der Waals surface area contributed by atoms with Crippen LogP contribution in [0.1, 0.15) is 30.5 Å². The maximum atomic E-state index is 6.09. The molecule has 0 radical (unpaired) electrons. The minimum atomic E-state index is 0.102. The predicted octanol–water partition coefficient (Wildman–Crippen LogP) is 3.67. The van der Waals surface area contributed by atoms with Gasteiger partial charge in [0.2, 0.25) is 0 Å². The van der Waals surface area contributed by atoms with E-state index in [9.17, 15) is 0 Å². The third kappa shape index (κ3) is 4.37. The molecule has 0 aromatic heterocycles. The molecule has 2 aromatic carbocycles. The van der Waals surface area contributed by atoms with Gasteiger partial charge < -0.3 is 20.5 Å². The monoisotopic (exact) mass is 359 g/mol. The summed E-state index contributed by atoms with van der Waals surface area (Å²) in [6.45, 7) is 3.60. The highest BCUT2D eigenvalue weighted by atomic mass is 35.5. The Bertz CT molecular complexity index is 764. The minimum absolute atomic E-state index is 0.102. The van der Waals surface area contributed by atoms with E-state index in [0.29, 0.717) is 30.7 Å². The molecule has 25 heavy (non-hydrogen) atoms. The van der Waals surface area contributed by atoms with Gasteiger partial charge in [-0.05, 0) is 25.1 Å². The molecule has 0 saturated heterocycles. The van der Waals surface area contributed by atoms with Gasteiger partial charge in [-0.15, -0.1) is 0 Å². The molecule has 1 unspecified atom stereocenters. The second-order valence-electron chi connectivity index (χ2n) is 5.76. The van der Waals surface area contributed by atoms with Crippen molar-refractivity contribution < 1.29 is 9.47 Å². The van der Waals surface area contributed by atoms with Crippen LogP contribution in [-0.4, -0.2) is 19.2 Å². The lowest BCUT2D eigenvalue weighted by Crippen LogP contribution is -2.37. The Morgan fingerprint density at radius 3 is 3.04 bits per heavy atom. The van der Waals surface area contributed by atoms with Crippen molar-refractivity contribution in [1.29, 1.82) is 0 Å². The van der Waals surface area contributed by atoms with E-state index in [4.69, 9.17) is 26.8 Å². The number of halogens is 1. The molecular weight excluding hydrogens is 338 g/mol. The maximum Gasteiger partial charge on any atom is 0.189 e. The molecule has 1 aliphatic rings. The first-order chi connectivity index (χ1) is 12.2. The van der Waals surface area contributed by atoms with Crippen LogP contribution in [0.2, 0.25) is 5.02 Å². The van der Waals surface area contributed by atoms with Crippen LogP contribution in [0.3, 0.4) is 0 Å². The number of nitrogens with one attached hydrogen (secondary N) is 1. The first kappa shape index (κ1) is 17.4. The summed E-state index contributed by atoms with van der Waals surface area (Å²) < 4.78 is 11.3. The van der Waals surface area contributed by atoms with E-state index >= 15 is 0 Å². The van der Waals surface area contributed by atoms with Gasteiger partial charge in [0.25, 0.3) is 0 Å². The Kier molecular flexibility index (Phi) is 5.66. The highest BCUT2D eigenvalue weighted by Crippen LogP contribution is 2.31. The third-order valence-corrected chi connectivity index (χ3v) is 4.26. The van der Waals surface area contributed by atoms with Crippen LogP contribution < -0.4 is 20.5 Å². The maximum absolute atomic E-state index is 6.09. The number of ether oxygens (including phenoxy) is 2. The Hall–Kier alpha value is -2.40. The molecule has 3 N–H and O–H groups in total. The van der Waals surface area contributed by atoms with Crippen molar-refractivity contribution in [2.75, 3.05) is 13.2 Å². The fraction of sp³-hybridized carbons (Fsp3) is 0.316. The zero-order chi connectivity index (χ0) is 17.6. The van der Waals surface area contributed by atoms with Crippen molar-refractivity contribution in [2.24, 2.45) is 10.7 Å². The predicted molar refractivity (Wildman–Crippen MR) is 100 cm³/mol. The number of nitrogens with two attached hydrogens (primary N) is 1. The third-order valence-electron chi connectivity index (χ3n) is 4.03. The molecule has 3 rings (SSSR count). The van der Waals surface area contributed by atoms with E-state index in [1.54, 1.807) is 6.07 Å². The fourth-order valence-corrected chi connectivity index (χ4v) is 3.00. The molecule has 0 fully saturated rings. The van der Waals surface area contributed by atoms with Crippen molar-refractivity contribution in [3.05, 3.63) is 58.6 Å². The van der Waals surface area contributed by atoms with Crippen molar-refractivity contribution in [1.82, 2.24) is 5.32 Å². The SMILES string of the molecule is CCOc1cc(Cl)ccc1CN=C(N)NC1CCOc2ccccc21. The number of hydrogen-bond donors (Lipinski definition) is 2. The smallest absolute Gasteiger partial charge is 0.189 e. The lowest BCUT2D eigenvalue weighted by Gasteiger charge is -2.27. The molecule has 1 aliphatic heterocycles. The molecular formula is C19H22ClN3O2. The number of nitrogens with zero attached hydrogens (tertiary/aromatic N) is 1. The molecule has 0 spiro atoms. The largest absolute Gasteiger partial charge is 0.493 e. The zero-order valence-electron chi connectivity index (χ0n) is 14.2. The van der Waals surface area contributed by atoms with Crippen LogP contribution in [0.25, 0.3) is 0 Å². The van der Waals surface area contributed by atoms with Gasteiger partial charge in [-0.1, -0.05) is 35.9 Å². The van der Waals surface area contributed by atoms with Crippen LogP contribution in [0.15, 0.2) is 47.5 Å².